The Labute approximate surface area is 134 Å². The van der Waals surface area contributed by atoms with E-state index >= 15 is 0 Å². The zero-order chi connectivity index (χ0) is 15.6. The van der Waals surface area contributed by atoms with E-state index in [1.807, 2.05) is 37.3 Å². The fraction of sp³-hybridized carbons (Fsp3) is 0.412. The highest BCUT2D eigenvalue weighted by Crippen LogP contribution is 2.41. The van der Waals surface area contributed by atoms with Crippen molar-refractivity contribution in [1.82, 2.24) is 10.5 Å². The molecule has 1 aliphatic carbocycles. The molecule has 22 heavy (non-hydrogen) atoms. The third kappa shape index (κ3) is 2.88. The van der Waals surface area contributed by atoms with Crippen molar-refractivity contribution in [3.05, 3.63) is 52.4 Å². The van der Waals surface area contributed by atoms with Gasteiger partial charge < -0.3 is 9.84 Å². The van der Waals surface area contributed by atoms with Crippen LogP contribution in [0.3, 0.4) is 0 Å². The van der Waals surface area contributed by atoms with Crippen LogP contribution in [-0.4, -0.2) is 11.1 Å². The average Bonchev–Trinajstić information content (AvgIpc) is 3.15. The molecule has 3 rings (SSSR count). The highest BCUT2D eigenvalue weighted by Gasteiger charge is 2.42. The molecule has 1 amide bonds. The van der Waals surface area contributed by atoms with Crippen molar-refractivity contribution in [3.8, 4) is 0 Å². The molecule has 1 aromatic heterocycles. The summed E-state index contributed by atoms with van der Waals surface area (Å²) >= 11 is 5.97. The molecule has 1 aliphatic rings. The largest absolute Gasteiger partial charge is 0.359 e. The Bertz CT molecular complexity index is 658. The fourth-order valence-electron chi connectivity index (χ4n) is 3.23. The van der Waals surface area contributed by atoms with E-state index in [4.69, 9.17) is 16.1 Å². The van der Waals surface area contributed by atoms with Crippen LogP contribution in [0.2, 0.25) is 5.02 Å². The highest BCUT2D eigenvalue weighted by molar-refractivity contribution is 6.30. The molecule has 4 nitrogen and oxygen atoms in total. The molecule has 0 aliphatic heterocycles. The maximum Gasteiger partial charge on any atom is 0.231 e. The Hall–Kier alpha value is -1.81. The number of carbonyl (C=O) groups is 1. The van der Waals surface area contributed by atoms with Crippen LogP contribution in [0.1, 0.15) is 42.7 Å². The number of aryl methyl sites for hydroxylation is 1. The highest BCUT2D eigenvalue weighted by atomic mass is 35.5. The molecule has 0 radical (unpaired) electrons. The zero-order valence-electron chi connectivity index (χ0n) is 12.6. The summed E-state index contributed by atoms with van der Waals surface area (Å²) in [6.45, 7) is 2.23. The Kier molecular flexibility index (Phi) is 4.21. The van der Waals surface area contributed by atoms with E-state index < -0.39 is 5.41 Å². The Morgan fingerprint density at radius 1 is 1.32 bits per heavy atom. The number of nitrogens with one attached hydrogen (secondary N) is 1. The van der Waals surface area contributed by atoms with E-state index in [9.17, 15) is 4.79 Å². The van der Waals surface area contributed by atoms with Gasteiger partial charge in [-0.2, -0.15) is 0 Å². The smallest absolute Gasteiger partial charge is 0.231 e. The third-order valence-corrected chi connectivity index (χ3v) is 4.64. The van der Waals surface area contributed by atoms with Gasteiger partial charge in [0, 0.05) is 11.1 Å². The van der Waals surface area contributed by atoms with Gasteiger partial charge in [0.05, 0.1) is 17.7 Å². The predicted octanol–water partition coefficient (Wildman–Crippen LogP) is 3.76. The Morgan fingerprint density at radius 2 is 2.00 bits per heavy atom. The summed E-state index contributed by atoms with van der Waals surface area (Å²) in [5, 5.41) is 7.53. The lowest BCUT2D eigenvalue weighted by molar-refractivity contribution is -0.126. The number of nitrogens with zero attached hydrogens (tertiary/aromatic N) is 1. The van der Waals surface area contributed by atoms with Gasteiger partial charge in [-0.15, -0.1) is 0 Å². The van der Waals surface area contributed by atoms with Gasteiger partial charge in [0.2, 0.25) is 5.91 Å². The number of amides is 1. The Morgan fingerprint density at radius 3 is 2.59 bits per heavy atom. The van der Waals surface area contributed by atoms with Gasteiger partial charge in [-0.25, -0.2) is 0 Å². The van der Waals surface area contributed by atoms with Gasteiger partial charge in [-0.1, -0.05) is 41.7 Å². The third-order valence-electron chi connectivity index (χ3n) is 4.39. The summed E-state index contributed by atoms with van der Waals surface area (Å²) in [6.07, 6.45) is 3.88. The number of aromatic nitrogens is 1. The van der Waals surface area contributed by atoms with Crippen molar-refractivity contribution in [3.63, 3.8) is 0 Å². The van der Waals surface area contributed by atoms with Gasteiger partial charge in [0.15, 0.2) is 5.76 Å². The topological polar surface area (TPSA) is 55.1 Å². The van der Waals surface area contributed by atoms with Crippen molar-refractivity contribution in [1.29, 1.82) is 0 Å². The monoisotopic (exact) mass is 318 g/mol. The lowest BCUT2D eigenvalue weighted by atomic mass is 9.78. The number of rotatable bonds is 4. The quantitative estimate of drug-likeness (QED) is 0.933. The second kappa shape index (κ2) is 6.13. The van der Waals surface area contributed by atoms with Crippen LogP contribution >= 0.6 is 11.6 Å². The first-order valence-electron chi connectivity index (χ1n) is 7.57. The van der Waals surface area contributed by atoms with E-state index in [0.29, 0.717) is 17.3 Å². The summed E-state index contributed by atoms with van der Waals surface area (Å²) in [4.78, 5) is 12.8. The second-order valence-corrected chi connectivity index (χ2v) is 6.35. The molecule has 116 valence electrons. The van der Waals surface area contributed by atoms with Crippen molar-refractivity contribution >= 4 is 17.5 Å². The van der Waals surface area contributed by atoms with E-state index in [0.717, 1.165) is 36.9 Å². The molecule has 1 N–H and O–H groups in total. The molecule has 0 spiro atoms. The van der Waals surface area contributed by atoms with E-state index in [1.54, 1.807) is 0 Å². The molecular formula is C17H19ClN2O2. The van der Waals surface area contributed by atoms with Crippen LogP contribution in [0.15, 0.2) is 34.9 Å². The molecule has 2 aromatic rings. The minimum absolute atomic E-state index is 0.0568. The van der Waals surface area contributed by atoms with Gasteiger partial charge in [0.25, 0.3) is 0 Å². The number of benzene rings is 1. The van der Waals surface area contributed by atoms with Crippen molar-refractivity contribution in [2.45, 2.75) is 44.6 Å². The SMILES string of the molecule is Cc1cc(CNC(=O)C2(c3ccc(Cl)cc3)CCCC2)on1. The molecule has 0 bridgehead atoms. The minimum Gasteiger partial charge on any atom is -0.359 e. The van der Waals surface area contributed by atoms with Crippen molar-refractivity contribution < 1.29 is 9.32 Å². The molecule has 1 fully saturated rings. The van der Waals surface area contributed by atoms with Gasteiger partial charge in [0.1, 0.15) is 0 Å². The second-order valence-electron chi connectivity index (χ2n) is 5.91. The average molecular weight is 319 g/mol. The van der Waals surface area contributed by atoms with Crippen LogP contribution in [0, 0.1) is 6.92 Å². The Balaban J connectivity index is 1.78. The summed E-state index contributed by atoms with van der Waals surface area (Å²) in [7, 11) is 0. The molecule has 1 heterocycles. The lowest BCUT2D eigenvalue weighted by Crippen LogP contribution is -2.42. The van der Waals surface area contributed by atoms with E-state index in [1.165, 1.54) is 0 Å². The van der Waals surface area contributed by atoms with Gasteiger partial charge in [-0.3, -0.25) is 4.79 Å². The van der Waals surface area contributed by atoms with Crippen LogP contribution < -0.4 is 5.32 Å². The molecular weight excluding hydrogens is 300 g/mol. The molecule has 0 unspecified atom stereocenters. The molecule has 5 heteroatoms. The standard InChI is InChI=1S/C17H19ClN2O2/c1-12-10-15(22-20-12)11-19-16(21)17(8-2-3-9-17)13-4-6-14(18)7-5-13/h4-7,10H,2-3,8-9,11H2,1H3,(H,19,21). The van der Waals surface area contributed by atoms with Crippen molar-refractivity contribution in [2.75, 3.05) is 0 Å². The first-order valence-corrected chi connectivity index (χ1v) is 7.94. The molecule has 1 saturated carbocycles. The summed E-state index contributed by atoms with van der Waals surface area (Å²) < 4.78 is 5.15. The lowest BCUT2D eigenvalue weighted by Gasteiger charge is -2.28. The molecule has 1 aromatic carbocycles. The zero-order valence-corrected chi connectivity index (χ0v) is 13.3. The van der Waals surface area contributed by atoms with Crippen LogP contribution in [0.25, 0.3) is 0 Å². The summed E-state index contributed by atoms with van der Waals surface area (Å²) in [5.74, 6) is 0.733. The summed E-state index contributed by atoms with van der Waals surface area (Å²) in [5.41, 5.74) is 1.41. The van der Waals surface area contributed by atoms with Gasteiger partial charge in [-0.05, 0) is 37.5 Å². The van der Waals surface area contributed by atoms with Crippen LogP contribution in [0.5, 0.6) is 0 Å². The van der Waals surface area contributed by atoms with E-state index in [-0.39, 0.29) is 5.91 Å². The van der Waals surface area contributed by atoms with E-state index in [2.05, 4.69) is 10.5 Å². The van der Waals surface area contributed by atoms with Crippen molar-refractivity contribution in [2.24, 2.45) is 0 Å². The maximum absolute atomic E-state index is 12.8. The number of hydrogen-bond donors (Lipinski definition) is 1. The predicted molar refractivity (Wildman–Crippen MR) is 84.7 cm³/mol. The van der Waals surface area contributed by atoms with Crippen LogP contribution in [-0.2, 0) is 16.8 Å². The molecule has 0 saturated heterocycles. The first-order chi connectivity index (χ1) is 10.6. The number of carbonyl (C=O) groups excluding carboxylic acids is 1. The normalized spacial score (nSPS) is 16.6. The molecule has 0 atom stereocenters. The number of hydrogen-bond acceptors (Lipinski definition) is 3. The summed E-state index contributed by atoms with van der Waals surface area (Å²) in [6, 6.07) is 9.47. The minimum atomic E-state index is -0.445. The first kappa shape index (κ1) is 15.1. The maximum atomic E-state index is 12.8. The van der Waals surface area contributed by atoms with Gasteiger partial charge >= 0.3 is 0 Å². The fourth-order valence-corrected chi connectivity index (χ4v) is 3.36. The van der Waals surface area contributed by atoms with Crippen LogP contribution in [0.4, 0.5) is 0 Å². The number of halogens is 1.